The van der Waals surface area contributed by atoms with E-state index in [0.29, 0.717) is 6.54 Å². The van der Waals surface area contributed by atoms with Gasteiger partial charge >= 0.3 is 0 Å². The summed E-state index contributed by atoms with van der Waals surface area (Å²) in [6.45, 7) is 0.575. The zero-order valence-corrected chi connectivity index (χ0v) is 14.4. The van der Waals surface area contributed by atoms with Gasteiger partial charge in [0.1, 0.15) is 0 Å². The summed E-state index contributed by atoms with van der Waals surface area (Å²) in [7, 11) is 4.03. The number of nitrogens with zero attached hydrogens (tertiary/aromatic N) is 2. The highest BCUT2D eigenvalue weighted by atomic mass is 16.1. The molecule has 0 aliphatic heterocycles. The molecular weight excluding hydrogens is 308 g/mol. The first-order valence-corrected chi connectivity index (χ1v) is 8.42. The third-order valence-electron chi connectivity index (χ3n) is 4.66. The lowest BCUT2D eigenvalue weighted by Gasteiger charge is -2.16. The van der Waals surface area contributed by atoms with E-state index in [2.05, 4.69) is 29.2 Å². The van der Waals surface area contributed by atoms with Gasteiger partial charge in [-0.1, -0.05) is 48.5 Å². The fraction of sp³-hybridized carbons (Fsp3) is 0.136. The molecule has 0 unspecified atom stereocenters. The Bertz CT molecular complexity index is 1110. The van der Waals surface area contributed by atoms with E-state index in [4.69, 9.17) is 0 Å². The molecule has 0 aliphatic rings. The van der Waals surface area contributed by atoms with E-state index in [-0.39, 0.29) is 5.56 Å². The molecule has 0 spiro atoms. The van der Waals surface area contributed by atoms with E-state index in [1.165, 1.54) is 0 Å². The molecule has 4 rings (SSSR count). The van der Waals surface area contributed by atoms with Crippen molar-refractivity contribution in [3.63, 3.8) is 0 Å². The van der Waals surface area contributed by atoms with Crippen molar-refractivity contribution < 1.29 is 0 Å². The van der Waals surface area contributed by atoms with Gasteiger partial charge in [-0.05, 0) is 35.2 Å². The summed E-state index contributed by atoms with van der Waals surface area (Å²) < 4.78 is 1.88. The third-order valence-corrected chi connectivity index (χ3v) is 4.66. The summed E-state index contributed by atoms with van der Waals surface area (Å²) in [5.74, 6) is 0. The fourth-order valence-electron chi connectivity index (χ4n) is 3.33. The highest BCUT2D eigenvalue weighted by molar-refractivity contribution is 6.06. The number of para-hydroxylation sites is 1. The second-order valence-corrected chi connectivity index (χ2v) is 6.52. The van der Waals surface area contributed by atoms with Crippen LogP contribution in [0.5, 0.6) is 0 Å². The summed E-state index contributed by atoms with van der Waals surface area (Å²) in [6, 6.07) is 24.3. The minimum absolute atomic E-state index is 0.0582. The Morgan fingerprint density at radius 2 is 1.52 bits per heavy atom. The van der Waals surface area contributed by atoms with Gasteiger partial charge in [-0.2, -0.15) is 0 Å². The minimum Gasteiger partial charge on any atom is -0.378 e. The van der Waals surface area contributed by atoms with Crippen LogP contribution in [0.15, 0.2) is 77.6 Å². The second-order valence-electron chi connectivity index (χ2n) is 6.52. The molecule has 0 amide bonds. The van der Waals surface area contributed by atoms with E-state index in [9.17, 15) is 4.79 Å². The molecule has 0 atom stereocenters. The number of hydrogen-bond donors (Lipinski definition) is 0. The number of rotatable bonds is 3. The average Bonchev–Trinajstić information content (AvgIpc) is 2.65. The normalized spacial score (nSPS) is 11.1. The van der Waals surface area contributed by atoms with Crippen LogP contribution in [0.3, 0.4) is 0 Å². The first-order chi connectivity index (χ1) is 12.1. The van der Waals surface area contributed by atoms with Gasteiger partial charge in [-0.15, -0.1) is 0 Å². The van der Waals surface area contributed by atoms with Gasteiger partial charge in [-0.25, -0.2) is 0 Å². The number of aromatic nitrogens is 1. The van der Waals surface area contributed by atoms with Crippen LogP contribution in [-0.4, -0.2) is 18.7 Å². The first kappa shape index (κ1) is 15.5. The lowest BCUT2D eigenvalue weighted by Crippen LogP contribution is -2.21. The van der Waals surface area contributed by atoms with Crippen LogP contribution < -0.4 is 10.5 Å². The Morgan fingerprint density at radius 1 is 0.800 bits per heavy atom. The molecule has 0 N–H and O–H groups in total. The Labute approximate surface area is 146 Å². The average molecular weight is 328 g/mol. The molecule has 0 saturated carbocycles. The third kappa shape index (κ3) is 2.68. The van der Waals surface area contributed by atoms with Crippen molar-refractivity contribution in [2.45, 2.75) is 6.54 Å². The van der Waals surface area contributed by atoms with Gasteiger partial charge in [0.05, 0.1) is 12.1 Å². The van der Waals surface area contributed by atoms with Crippen molar-refractivity contribution in [2.24, 2.45) is 0 Å². The van der Waals surface area contributed by atoms with Gasteiger partial charge in [0.2, 0.25) is 0 Å². The second kappa shape index (κ2) is 6.10. The SMILES string of the molecule is CN(C)c1ccc2c(=O)n(Cc3ccccc3)c3ccccc3c2c1. The summed E-state index contributed by atoms with van der Waals surface area (Å²) in [5.41, 5.74) is 3.25. The predicted molar refractivity (Wildman–Crippen MR) is 106 cm³/mol. The molecule has 0 fully saturated rings. The summed E-state index contributed by atoms with van der Waals surface area (Å²) >= 11 is 0. The number of pyridine rings is 1. The van der Waals surface area contributed by atoms with Gasteiger partial charge in [0.15, 0.2) is 0 Å². The van der Waals surface area contributed by atoms with Gasteiger partial charge < -0.3 is 9.47 Å². The van der Waals surface area contributed by atoms with E-state index in [0.717, 1.165) is 32.9 Å². The lowest BCUT2D eigenvalue weighted by atomic mass is 10.0. The highest BCUT2D eigenvalue weighted by Crippen LogP contribution is 2.26. The van der Waals surface area contributed by atoms with Crippen LogP contribution in [0.2, 0.25) is 0 Å². The summed E-state index contributed by atoms with van der Waals surface area (Å²) in [4.78, 5) is 15.2. The minimum atomic E-state index is 0.0582. The van der Waals surface area contributed by atoms with E-state index in [1.807, 2.05) is 67.2 Å². The Hall–Kier alpha value is -3.07. The maximum atomic E-state index is 13.2. The lowest BCUT2D eigenvalue weighted by molar-refractivity contribution is 0.802. The van der Waals surface area contributed by atoms with Crippen molar-refractivity contribution in [1.29, 1.82) is 0 Å². The molecule has 0 radical (unpaired) electrons. The number of anilines is 1. The first-order valence-electron chi connectivity index (χ1n) is 8.42. The van der Waals surface area contributed by atoms with Gasteiger partial charge in [0, 0.05) is 30.6 Å². The van der Waals surface area contributed by atoms with Crippen LogP contribution in [0.4, 0.5) is 5.69 Å². The molecule has 4 aromatic rings. The quantitative estimate of drug-likeness (QED) is 0.525. The zero-order chi connectivity index (χ0) is 17.4. The number of benzene rings is 3. The van der Waals surface area contributed by atoms with Crippen molar-refractivity contribution in [1.82, 2.24) is 4.57 Å². The van der Waals surface area contributed by atoms with Crippen LogP contribution >= 0.6 is 0 Å². The predicted octanol–water partition coefficient (Wildman–Crippen LogP) is 4.27. The molecule has 3 aromatic carbocycles. The molecular formula is C22H20N2O. The molecule has 0 saturated heterocycles. The number of hydrogen-bond acceptors (Lipinski definition) is 2. The van der Waals surface area contributed by atoms with Crippen molar-refractivity contribution >= 4 is 27.4 Å². The van der Waals surface area contributed by atoms with Gasteiger partial charge in [-0.3, -0.25) is 4.79 Å². The molecule has 1 heterocycles. The monoisotopic (exact) mass is 328 g/mol. The van der Waals surface area contributed by atoms with E-state index >= 15 is 0 Å². The Morgan fingerprint density at radius 3 is 2.28 bits per heavy atom. The maximum absolute atomic E-state index is 13.2. The van der Waals surface area contributed by atoms with Crippen LogP contribution in [0, 0.1) is 0 Å². The van der Waals surface area contributed by atoms with E-state index < -0.39 is 0 Å². The summed E-state index contributed by atoms with van der Waals surface area (Å²) in [6.07, 6.45) is 0. The molecule has 3 nitrogen and oxygen atoms in total. The van der Waals surface area contributed by atoms with Crippen molar-refractivity contribution in [3.8, 4) is 0 Å². The molecule has 124 valence electrons. The molecule has 0 aliphatic carbocycles. The summed E-state index contributed by atoms with van der Waals surface area (Å²) in [5, 5.41) is 2.88. The molecule has 3 heteroatoms. The van der Waals surface area contributed by atoms with Crippen molar-refractivity contribution in [2.75, 3.05) is 19.0 Å². The van der Waals surface area contributed by atoms with Crippen LogP contribution in [0.25, 0.3) is 21.7 Å². The van der Waals surface area contributed by atoms with Crippen LogP contribution in [-0.2, 0) is 6.54 Å². The fourth-order valence-corrected chi connectivity index (χ4v) is 3.33. The van der Waals surface area contributed by atoms with Crippen LogP contribution in [0.1, 0.15) is 5.56 Å². The van der Waals surface area contributed by atoms with E-state index in [1.54, 1.807) is 0 Å². The maximum Gasteiger partial charge on any atom is 0.259 e. The Balaban J connectivity index is 2.04. The zero-order valence-electron chi connectivity index (χ0n) is 14.4. The topological polar surface area (TPSA) is 25.2 Å². The molecule has 25 heavy (non-hydrogen) atoms. The highest BCUT2D eigenvalue weighted by Gasteiger charge is 2.12. The molecule has 0 bridgehead atoms. The largest absolute Gasteiger partial charge is 0.378 e. The van der Waals surface area contributed by atoms with Gasteiger partial charge in [0.25, 0.3) is 5.56 Å². The van der Waals surface area contributed by atoms with Crippen molar-refractivity contribution in [3.05, 3.63) is 88.7 Å². The Kier molecular flexibility index (Phi) is 3.77. The smallest absolute Gasteiger partial charge is 0.259 e. The standard InChI is InChI=1S/C22H20N2O/c1-23(2)17-12-13-19-20(14-17)18-10-6-7-11-21(18)24(22(19)25)15-16-8-4-3-5-9-16/h3-14H,15H2,1-2H3. The number of fused-ring (bicyclic) bond motifs is 3. The molecule has 1 aromatic heterocycles.